The van der Waals surface area contributed by atoms with Crippen molar-refractivity contribution in [2.45, 2.75) is 38.2 Å². The van der Waals surface area contributed by atoms with Crippen molar-refractivity contribution in [2.24, 2.45) is 5.16 Å². The van der Waals surface area contributed by atoms with E-state index in [-0.39, 0.29) is 18.0 Å². The van der Waals surface area contributed by atoms with E-state index in [9.17, 15) is 9.59 Å². The van der Waals surface area contributed by atoms with E-state index in [1.54, 1.807) is 4.90 Å². The maximum absolute atomic E-state index is 12.1. The number of rotatable bonds is 2. The molecular weight excluding hydrogens is 224 g/mol. The van der Waals surface area contributed by atoms with E-state index in [1.807, 2.05) is 0 Å². The highest BCUT2D eigenvalue weighted by atomic mass is 16.6. The number of hydrogen-bond acceptors (Lipinski definition) is 4. The normalized spacial score (nSPS) is 24.8. The minimum Gasteiger partial charge on any atom is -0.477 e. The molecule has 0 aromatic carbocycles. The molecular formula is C11H16N2O4. The summed E-state index contributed by atoms with van der Waals surface area (Å²) in [5.74, 6) is -1.25. The minimum absolute atomic E-state index is 0.0711. The van der Waals surface area contributed by atoms with E-state index >= 15 is 0 Å². The first-order valence-electron chi connectivity index (χ1n) is 5.93. The van der Waals surface area contributed by atoms with Gasteiger partial charge in [-0.2, -0.15) is 0 Å². The first-order valence-corrected chi connectivity index (χ1v) is 5.93. The fourth-order valence-electron chi connectivity index (χ4n) is 2.13. The van der Waals surface area contributed by atoms with Crippen LogP contribution in [0.1, 0.15) is 32.1 Å². The number of carbonyl (C=O) groups excluding carboxylic acids is 1. The van der Waals surface area contributed by atoms with Crippen LogP contribution in [0.5, 0.6) is 0 Å². The minimum atomic E-state index is -1.11. The molecule has 0 radical (unpaired) electrons. The lowest BCUT2D eigenvalue weighted by Gasteiger charge is -2.22. The Morgan fingerprint density at radius 2 is 1.88 bits per heavy atom. The Labute approximate surface area is 99.2 Å². The van der Waals surface area contributed by atoms with E-state index in [0.717, 1.165) is 38.8 Å². The number of hydrogen-bond donors (Lipinski definition) is 1. The zero-order valence-electron chi connectivity index (χ0n) is 9.59. The second kappa shape index (κ2) is 5.16. The lowest BCUT2D eigenvalue weighted by Crippen LogP contribution is -2.40. The quantitative estimate of drug-likeness (QED) is 0.767. The zero-order chi connectivity index (χ0) is 12.3. The van der Waals surface area contributed by atoms with Crippen LogP contribution in [0.4, 0.5) is 0 Å². The molecule has 0 spiro atoms. The fourth-order valence-corrected chi connectivity index (χ4v) is 2.13. The zero-order valence-corrected chi connectivity index (χ0v) is 9.59. The predicted molar refractivity (Wildman–Crippen MR) is 59.6 cm³/mol. The van der Waals surface area contributed by atoms with Gasteiger partial charge in [0, 0.05) is 19.5 Å². The summed E-state index contributed by atoms with van der Waals surface area (Å²) in [6, 6.07) is 0. The number of amides is 1. The summed E-state index contributed by atoms with van der Waals surface area (Å²) in [5, 5.41) is 12.2. The first kappa shape index (κ1) is 11.9. The second-order valence-corrected chi connectivity index (χ2v) is 4.38. The molecule has 2 rings (SSSR count). The molecule has 94 valence electrons. The van der Waals surface area contributed by atoms with E-state index in [1.165, 1.54) is 0 Å². The molecule has 1 unspecified atom stereocenters. The van der Waals surface area contributed by atoms with Crippen LogP contribution in [0.2, 0.25) is 0 Å². The van der Waals surface area contributed by atoms with Crippen molar-refractivity contribution in [1.82, 2.24) is 4.90 Å². The van der Waals surface area contributed by atoms with E-state index in [2.05, 4.69) is 5.16 Å². The summed E-state index contributed by atoms with van der Waals surface area (Å²) in [5.41, 5.74) is -0.0711. The van der Waals surface area contributed by atoms with Gasteiger partial charge in [-0.3, -0.25) is 4.79 Å². The van der Waals surface area contributed by atoms with Crippen molar-refractivity contribution in [3.63, 3.8) is 0 Å². The molecule has 0 aliphatic carbocycles. The number of nitrogens with zero attached hydrogens (tertiary/aromatic N) is 2. The van der Waals surface area contributed by atoms with Gasteiger partial charge in [0.1, 0.15) is 0 Å². The molecule has 1 saturated heterocycles. The largest absolute Gasteiger partial charge is 0.477 e. The van der Waals surface area contributed by atoms with Gasteiger partial charge in [0.2, 0.25) is 6.10 Å². The molecule has 1 amide bonds. The molecule has 2 aliphatic rings. The highest BCUT2D eigenvalue weighted by Gasteiger charge is 2.34. The van der Waals surface area contributed by atoms with Crippen LogP contribution in [-0.2, 0) is 14.4 Å². The Morgan fingerprint density at radius 3 is 2.41 bits per heavy atom. The van der Waals surface area contributed by atoms with E-state index < -0.39 is 12.1 Å². The van der Waals surface area contributed by atoms with Gasteiger partial charge in [0.15, 0.2) is 5.71 Å². The average Bonchev–Trinajstić information content (AvgIpc) is 2.65. The van der Waals surface area contributed by atoms with Crippen LogP contribution in [0, 0.1) is 0 Å². The third-order valence-electron chi connectivity index (χ3n) is 3.11. The Hall–Kier alpha value is -1.59. The van der Waals surface area contributed by atoms with Gasteiger partial charge in [-0.25, -0.2) is 4.79 Å². The maximum Gasteiger partial charge on any atom is 0.353 e. The molecule has 0 saturated carbocycles. The van der Waals surface area contributed by atoms with Crippen LogP contribution in [0.25, 0.3) is 0 Å². The van der Waals surface area contributed by atoms with Crippen molar-refractivity contribution in [3.8, 4) is 0 Å². The van der Waals surface area contributed by atoms with Gasteiger partial charge in [-0.15, -0.1) is 0 Å². The summed E-state index contributed by atoms with van der Waals surface area (Å²) in [6.07, 6.45) is 3.64. The van der Waals surface area contributed by atoms with Crippen molar-refractivity contribution in [2.75, 3.05) is 13.1 Å². The number of likely N-dealkylation sites (tertiary alicyclic amines) is 1. The average molecular weight is 240 g/mol. The Kier molecular flexibility index (Phi) is 3.61. The third-order valence-corrected chi connectivity index (χ3v) is 3.11. The number of carbonyl (C=O) groups is 2. The second-order valence-electron chi connectivity index (χ2n) is 4.38. The van der Waals surface area contributed by atoms with Gasteiger partial charge in [0.05, 0.1) is 0 Å². The van der Waals surface area contributed by atoms with Crippen LogP contribution in [-0.4, -0.2) is 46.8 Å². The van der Waals surface area contributed by atoms with Crippen molar-refractivity contribution < 1.29 is 19.5 Å². The highest BCUT2D eigenvalue weighted by Crippen LogP contribution is 2.17. The van der Waals surface area contributed by atoms with Crippen molar-refractivity contribution in [3.05, 3.63) is 0 Å². The van der Waals surface area contributed by atoms with E-state index in [0.29, 0.717) is 0 Å². The van der Waals surface area contributed by atoms with Crippen LogP contribution in [0.3, 0.4) is 0 Å². The van der Waals surface area contributed by atoms with Gasteiger partial charge in [-0.1, -0.05) is 18.0 Å². The number of oxime groups is 1. The summed E-state index contributed by atoms with van der Waals surface area (Å²) in [6.45, 7) is 1.47. The molecule has 0 bridgehead atoms. The monoisotopic (exact) mass is 240 g/mol. The number of carboxylic acid groups (broad SMARTS) is 1. The molecule has 1 fully saturated rings. The third kappa shape index (κ3) is 2.75. The van der Waals surface area contributed by atoms with Gasteiger partial charge in [0.25, 0.3) is 5.91 Å². The number of carboxylic acids is 1. The SMILES string of the molecule is O=C(O)C1=NOC(C(=O)N2CCCCCC2)C1. The predicted octanol–water partition coefficient (Wildman–Crippen LogP) is 0.618. The molecule has 17 heavy (non-hydrogen) atoms. The van der Waals surface area contributed by atoms with Crippen molar-refractivity contribution in [1.29, 1.82) is 0 Å². The lowest BCUT2D eigenvalue weighted by molar-refractivity contribution is -0.142. The molecule has 1 N–H and O–H groups in total. The molecule has 6 nitrogen and oxygen atoms in total. The molecule has 1 atom stereocenters. The van der Waals surface area contributed by atoms with Gasteiger partial charge in [-0.05, 0) is 12.8 Å². The molecule has 0 aromatic rings. The maximum atomic E-state index is 12.1. The Balaban J connectivity index is 1.91. The Bertz CT molecular complexity index is 345. The van der Waals surface area contributed by atoms with Gasteiger partial charge < -0.3 is 14.8 Å². The molecule has 2 aliphatic heterocycles. The van der Waals surface area contributed by atoms with Crippen LogP contribution in [0.15, 0.2) is 5.16 Å². The standard InChI is InChI=1S/C11H16N2O4/c14-10(13-5-3-1-2-4-6-13)9-7-8(11(15)16)12-17-9/h9H,1-7H2,(H,15,16). The summed E-state index contributed by atoms with van der Waals surface area (Å²) in [7, 11) is 0. The Morgan fingerprint density at radius 1 is 1.24 bits per heavy atom. The molecule has 6 heteroatoms. The smallest absolute Gasteiger partial charge is 0.353 e. The molecule has 2 heterocycles. The van der Waals surface area contributed by atoms with E-state index in [4.69, 9.17) is 9.94 Å². The van der Waals surface area contributed by atoms with Crippen LogP contribution < -0.4 is 0 Å². The van der Waals surface area contributed by atoms with Gasteiger partial charge >= 0.3 is 5.97 Å². The highest BCUT2D eigenvalue weighted by molar-refractivity contribution is 6.36. The molecule has 0 aromatic heterocycles. The topological polar surface area (TPSA) is 79.2 Å². The summed E-state index contributed by atoms with van der Waals surface area (Å²) < 4.78 is 0. The summed E-state index contributed by atoms with van der Waals surface area (Å²) >= 11 is 0. The number of aliphatic carboxylic acids is 1. The first-order chi connectivity index (χ1) is 8.18. The lowest BCUT2D eigenvalue weighted by atomic mass is 10.1. The fraction of sp³-hybridized carbons (Fsp3) is 0.727. The van der Waals surface area contributed by atoms with Crippen LogP contribution >= 0.6 is 0 Å². The summed E-state index contributed by atoms with van der Waals surface area (Å²) in [4.78, 5) is 29.4. The van der Waals surface area contributed by atoms with Crippen molar-refractivity contribution >= 4 is 17.6 Å².